The Morgan fingerprint density at radius 2 is 1.86 bits per heavy atom. The van der Waals surface area contributed by atoms with E-state index in [-0.39, 0.29) is 11.8 Å². The third-order valence-electron chi connectivity index (χ3n) is 4.49. The summed E-state index contributed by atoms with van der Waals surface area (Å²) in [5, 5.41) is 13.3. The first-order valence-electron chi connectivity index (χ1n) is 9.23. The smallest absolute Gasteiger partial charge is 0.160 e. The van der Waals surface area contributed by atoms with Crippen molar-refractivity contribution in [3.63, 3.8) is 0 Å². The second-order valence-electron chi connectivity index (χ2n) is 7.04. The van der Waals surface area contributed by atoms with Gasteiger partial charge in [-0.3, -0.25) is 4.21 Å². The van der Waals surface area contributed by atoms with Crippen LogP contribution in [0.15, 0.2) is 54.9 Å². The average molecular weight is 406 g/mol. The number of anilines is 1. The minimum atomic E-state index is -2.09. The topological polar surface area (TPSA) is 107 Å². The zero-order valence-corrected chi connectivity index (χ0v) is 16.9. The van der Waals surface area contributed by atoms with Gasteiger partial charge >= 0.3 is 0 Å². The molecule has 0 saturated heterocycles. The van der Waals surface area contributed by atoms with Crippen molar-refractivity contribution < 1.29 is 8.76 Å². The van der Waals surface area contributed by atoms with Crippen LogP contribution in [0.3, 0.4) is 0 Å². The molecule has 0 amide bonds. The summed E-state index contributed by atoms with van der Waals surface area (Å²) in [4.78, 5) is 7.40. The van der Waals surface area contributed by atoms with E-state index in [4.69, 9.17) is 0 Å². The van der Waals surface area contributed by atoms with Gasteiger partial charge in [-0.25, -0.2) is 4.98 Å². The number of imidazole rings is 1. The number of nitrogens with zero attached hydrogens (tertiary/aromatic N) is 3. The fourth-order valence-electron chi connectivity index (χ4n) is 3.21. The van der Waals surface area contributed by atoms with Crippen molar-refractivity contribution in [2.75, 3.05) is 5.32 Å². The average Bonchev–Trinajstić information content (AvgIpc) is 3.22. The van der Waals surface area contributed by atoms with E-state index in [1.165, 1.54) is 0 Å². The van der Waals surface area contributed by atoms with E-state index in [0.29, 0.717) is 11.5 Å². The van der Waals surface area contributed by atoms with Crippen LogP contribution in [0.4, 0.5) is 5.69 Å². The molecule has 0 aliphatic carbocycles. The van der Waals surface area contributed by atoms with Gasteiger partial charge < -0.3 is 14.9 Å². The largest absolute Gasteiger partial charge is 0.772 e. The quantitative estimate of drug-likeness (QED) is 0.471. The predicted molar refractivity (Wildman–Crippen MR) is 114 cm³/mol. The van der Waals surface area contributed by atoms with E-state index in [1.54, 1.807) is 12.4 Å². The second-order valence-corrected chi connectivity index (χ2v) is 7.93. The molecule has 2 aromatic heterocycles. The van der Waals surface area contributed by atoms with Crippen molar-refractivity contribution in [2.45, 2.75) is 25.6 Å². The summed E-state index contributed by atoms with van der Waals surface area (Å²) >= 11 is -2.09. The Hall–Kier alpha value is -3.10. The normalized spacial score (nSPS) is 12.4. The molecule has 4 rings (SSSR count). The van der Waals surface area contributed by atoms with Gasteiger partial charge in [-0.15, -0.1) is 10.2 Å². The molecule has 8 heteroatoms. The maximum atomic E-state index is 10.9. The van der Waals surface area contributed by atoms with Gasteiger partial charge in [0.2, 0.25) is 0 Å². The van der Waals surface area contributed by atoms with Crippen LogP contribution in [0.25, 0.3) is 33.5 Å². The molecule has 2 aromatic carbocycles. The number of benzene rings is 2. The number of fused-ring (bicyclic) bond motifs is 1. The lowest BCUT2D eigenvalue weighted by atomic mass is 10.0. The second kappa shape index (κ2) is 8.10. The molecule has 0 spiro atoms. The molecule has 0 aliphatic heterocycles. The van der Waals surface area contributed by atoms with Crippen molar-refractivity contribution in [3.8, 4) is 22.6 Å². The van der Waals surface area contributed by atoms with Crippen molar-refractivity contribution in [3.05, 3.63) is 60.4 Å². The van der Waals surface area contributed by atoms with Crippen molar-refractivity contribution in [2.24, 2.45) is 0 Å². The number of hydrogen-bond acceptors (Lipinski definition) is 6. The molecule has 2 N–H and O–H groups in total. The Kier molecular flexibility index (Phi) is 5.37. The third-order valence-corrected chi connectivity index (χ3v) is 5.06. The summed E-state index contributed by atoms with van der Waals surface area (Å²) in [7, 11) is 0. The van der Waals surface area contributed by atoms with Crippen LogP contribution in [0.1, 0.15) is 19.4 Å². The van der Waals surface area contributed by atoms with Gasteiger partial charge in [-0.1, -0.05) is 41.4 Å². The number of rotatable bonds is 6. The predicted octanol–water partition coefficient (Wildman–Crippen LogP) is 3.89. The number of nitrogens with one attached hydrogen (secondary N) is 2. The molecular formula is C21H20N5O2S-. The van der Waals surface area contributed by atoms with E-state index in [9.17, 15) is 8.76 Å². The Labute approximate surface area is 170 Å². The Balaban J connectivity index is 1.76. The Morgan fingerprint density at radius 1 is 1.10 bits per heavy atom. The van der Waals surface area contributed by atoms with Crippen LogP contribution in [-0.2, 0) is 16.8 Å². The first-order chi connectivity index (χ1) is 14.0. The summed E-state index contributed by atoms with van der Waals surface area (Å²) in [5.41, 5.74) is 5.07. The summed E-state index contributed by atoms with van der Waals surface area (Å²) in [6.07, 6.45) is 3.45. The zero-order chi connectivity index (χ0) is 20.4. The van der Waals surface area contributed by atoms with E-state index >= 15 is 0 Å². The lowest BCUT2D eigenvalue weighted by Crippen LogP contribution is -2.12. The molecule has 1 atom stereocenters. The van der Waals surface area contributed by atoms with E-state index < -0.39 is 11.1 Å². The third kappa shape index (κ3) is 4.18. The number of H-pyrrole nitrogens is 1. The van der Waals surface area contributed by atoms with Crippen LogP contribution < -0.4 is 5.32 Å². The van der Waals surface area contributed by atoms with Crippen LogP contribution in [0, 0.1) is 0 Å². The molecular weight excluding hydrogens is 386 g/mol. The highest BCUT2D eigenvalue weighted by atomic mass is 32.2. The van der Waals surface area contributed by atoms with Gasteiger partial charge in [0.1, 0.15) is 0 Å². The monoisotopic (exact) mass is 406 g/mol. The summed E-state index contributed by atoms with van der Waals surface area (Å²) in [6.45, 7) is 4.14. The number of aromatic amines is 1. The highest BCUT2D eigenvalue weighted by molar-refractivity contribution is 7.78. The maximum absolute atomic E-state index is 10.9. The SMILES string of the molecule is CC(C)Nc1c(-c2ncc[nH]2)nnc2cc(-c3ccc(CS(=O)[O-])cc3)ccc12. The van der Waals surface area contributed by atoms with E-state index in [0.717, 1.165) is 33.3 Å². The summed E-state index contributed by atoms with van der Waals surface area (Å²) in [6, 6.07) is 13.7. The van der Waals surface area contributed by atoms with E-state index in [2.05, 4.69) is 39.3 Å². The molecule has 0 bridgehead atoms. The molecule has 0 fully saturated rings. The molecule has 2 heterocycles. The summed E-state index contributed by atoms with van der Waals surface area (Å²) < 4.78 is 21.7. The fourth-order valence-corrected chi connectivity index (χ4v) is 3.68. The Morgan fingerprint density at radius 3 is 2.52 bits per heavy atom. The van der Waals surface area contributed by atoms with Gasteiger partial charge in [-0.2, -0.15) is 0 Å². The van der Waals surface area contributed by atoms with Gasteiger partial charge in [0.15, 0.2) is 11.5 Å². The van der Waals surface area contributed by atoms with Crippen LogP contribution in [0.2, 0.25) is 0 Å². The molecule has 7 nitrogen and oxygen atoms in total. The minimum Gasteiger partial charge on any atom is -0.772 e. The van der Waals surface area contributed by atoms with Crippen molar-refractivity contribution in [1.29, 1.82) is 0 Å². The van der Waals surface area contributed by atoms with E-state index in [1.807, 2.05) is 42.5 Å². The number of hydrogen-bond donors (Lipinski definition) is 2. The van der Waals surface area contributed by atoms with Crippen molar-refractivity contribution >= 4 is 27.7 Å². The Bertz CT molecular complexity index is 1160. The van der Waals surface area contributed by atoms with Gasteiger partial charge in [0.05, 0.1) is 11.2 Å². The molecule has 0 radical (unpaired) electrons. The minimum absolute atomic E-state index is 0.0171. The molecule has 1 unspecified atom stereocenters. The molecule has 0 saturated carbocycles. The highest BCUT2D eigenvalue weighted by Gasteiger charge is 2.16. The van der Waals surface area contributed by atoms with Crippen LogP contribution in [0.5, 0.6) is 0 Å². The molecule has 29 heavy (non-hydrogen) atoms. The fraction of sp³-hybridized carbons (Fsp3) is 0.190. The first kappa shape index (κ1) is 19.2. The standard InChI is InChI=1S/C21H21N5O2S/c1-13(2)24-19-17-8-7-16(15-5-3-14(4-6-15)12-29(27)28)11-18(17)25-26-20(19)21-22-9-10-23-21/h3-11,13H,12H2,1-2H3,(H,22,23)(H,24,25)(H,27,28)/p-1. The van der Waals surface area contributed by atoms with Gasteiger partial charge in [0, 0.05) is 29.6 Å². The lowest BCUT2D eigenvalue weighted by Gasteiger charge is -2.15. The van der Waals surface area contributed by atoms with Gasteiger partial charge in [-0.05, 0) is 42.7 Å². The maximum Gasteiger partial charge on any atom is 0.160 e. The summed E-state index contributed by atoms with van der Waals surface area (Å²) in [5.74, 6) is 0.682. The zero-order valence-electron chi connectivity index (χ0n) is 16.0. The molecule has 148 valence electrons. The number of aromatic nitrogens is 4. The van der Waals surface area contributed by atoms with Crippen molar-refractivity contribution in [1.82, 2.24) is 20.2 Å². The first-order valence-corrected chi connectivity index (χ1v) is 10.5. The molecule has 4 aromatic rings. The van der Waals surface area contributed by atoms with Crippen LogP contribution in [-0.4, -0.2) is 35.0 Å². The lowest BCUT2D eigenvalue weighted by molar-refractivity contribution is 0.536. The van der Waals surface area contributed by atoms with Gasteiger partial charge in [0.25, 0.3) is 0 Å². The highest BCUT2D eigenvalue weighted by Crippen LogP contribution is 2.33. The molecule has 0 aliphatic rings. The van der Waals surface area contributed by atoms with Crippen LogP contribution >= 0.6 is 0 Å².